The fraction of sp³-hybridized carbons (Fsp3) is 0.300. The van der Waals surface area contributed by atoms with Crippen LogP contribution in [0.3, 0.4) is 0 Å². The van der Waals surface area contributed by atoms with Crippen LogP contribution in [-0.2, 0) is 14.6 Å². The molecule has 2 atom stereocenters. The summed E-state index contributed by atoms with van der Waals surface area (Å²) in [4.78, 5) is 18.6. The third-order valence-corrected chi connectivity index (χ3v) is 8.59. The van der Waals surface area contributed by atoms with Gasteiger partial charge in [-0.2, -0.15) is 4.99 Å². The zero-order valence-corrected chi connectivity index (χ0v) is 19.1. The van der Waals surface area contributed by atoms with E-state index in [4.69, 9.17) is 27.9 Å². The van der Waals surface area contributed by atoms with E-state index < -0.39 is 15.7 Å². The Morgan fingerprint density at radius 3 is 2.60 bits per heavy atom. The summed E-state index contributed by atoms with van der Waals surface area (Å²) >= 11 is 13.3. The van der Waals surface area contributed by atoms with Crippen molar-refractivity contribution < 1.29 is 17.9 Å². The molecule has 2 aliphatic rings. The smallest absolute Gasteiger partial charge is 0.285 e. The third kappa shape index (κ3) is 4.61. The summed E-state index contributed by atoms with van der Waals surface area (Å²) in [5.74, 6) is 0.135. The van der Waals surface area contributed by atoms with Crippen molar-refractivity contribution in [2.75, 3.05) is 23.0 Å². The number of carbonyl (C=O) groups is 1. The van der Waals surface area contributed by atoms with Crippen molar-refractivity contribution in [3.63, 3.8) is 0 Å². The van der Waals surface area contributed by atoms with Crippen LogP contribution in [0.15, 0.2) is 47.5 Å². The quantitative estimate of drug-likeness (QED) is 0.652. The van der Waals surface area contributed by atoms with Crippen LogP contribution in [0.4, 0.5) is 5.69 Å². The van der Waals surface area contributed by atoms with Crippen LogP contribution in [-0.4, -0.2) is 48.9 Å². The van der Waals surface area contributed by atoms with Crippen LogP contribution in [0.5, 0.6) is 5.75 Å². The van der Waals surface area contributed by atoms with Gasteiger partial charge in [0.05, 0.1) is 17.5 Å². The molecule has 30 heavy (non-hydrogen) atoms. The van der Waals surface area contributed by atoms with Crippen molar-refractivity contribution in [3.05, 3.63) is 58.1 Å². The van der Waals surface area contributed by atoms with Gasteiger partial charge in [0.15, 0.2) is 21.6 Å². The van der Waals surface area contributed by atoms with E-state index in [1.807, 2.05) is 17.9 Å². The molecule has 0 radical (unpaired) electrons. The number of amides is 1. The minimum absolute atomic E-state index is 0.0190. The summed E-state index contributed by atoms with van der Waals surface area (Å²) in [5, 5.41) is 1.39. The van der Waals surface area contributed by atoms with Crippen LogP contribution in [0.25, 0.3) is 0 Å². The molecule has 0 aromatic heterocycles. The zero-order chi connectivity index (χ0) is 21.5. The highest BCUT2D eigenvalue weighted by atomic mass is 35.5. The van der Waals surface area contributed by atoms with Crippen molar-refractivity contribution in [3.8, 4) is 5.75 Å². The third-order valence-electron chi connectivity index (χ3n) is 4.89. The first-order valence-electron chi connectivity index (χ1n) is 9.14. The minimum Gasteiger partial charge on any atom is -0.484 e. The van der Waals surface area contributed by atoms with E-state index in [2.05, 4.69) is 4.99 Å². The topological polar surface area (TPSA) is 76.0 Å². The van der Waals surface area contributed by atoms with Gasteiger partial charge in [-0.15, -0.1) is 0 Å². The lowest BCUT2D eigenvalue weighted by molar-refractivity contribution is -0.119. The molecule has 0 bridgehead atoms. The second-order valence-corrected chi connectivity index (χ2v) is 11.4. The first-order chi connectivity index (χ1) is 14.2. The molecule has 158 valence electrons. The summed E-state index contributed by atoms with van der Waals surface area (Å²) in [6.07, 6.45) is 0. The molecule has 2 saturated heterocycles. The number of hydrogen-bond acceptors (Lipinski definition) is 5. The number of benzene rings is 2. The Kier molecular flexibility index (Phi) is 6.03. The van der Waals surface area contributed by atoms with E-state index in [0.717, 1.165) is 11.3 Å². The van der Waals surface area contributed by atoms with Crippen molar-refractivity contribution in [1.29, 1.82) is 0 Å². The number of amidine groups is 1. The molecule has 0 N–H and O–H groups in total. The fourth-order valence-corrected chi connectivity index (χ4v) is 7.72. The van der Waals surface area contributed by atoms with Gasteiger partial charge in [0, 0.05) is 21.0 Å². The van der Waals surface area contributed by atoms with E-state index in [1.165, 1.54) is 11.8 Å². The molecule has 0 saturated carbocycles. The number of sulfone groups is 1. The molecule has 10 heteroatoms. The Bertz CT molecular complexity index is 1120. The molecule has 2 heterocycles. The monoisotopic (exact) mass is 484 g/mol. The van der Waals surface area contributed by atoms with Gasteiger partial charge >= 0.3 is 0 Å². The number of hydrogen-bond donors (Lipinski definition) is 0. The summed E-state index contributed by atoms with van der Waals surface area (Å²) in [6, 6.07) is 11.8. The maximum absolute atomic E-state index is 12.5. The number of carbonyl (C=O) groups excluding carboxylic acids is 1. The maximum Gasteiger partial charge on any atom is 0.285 e. The second kappa shape index (κ2) is 8.42. The molecule has 4 rings (SSSR count). The lowest BCUT2D eigenvalue weighted by atomic mass is 10.1. The Balaban J connectivity index is 1.59. The number of fused-ring (bicyclic) bond motifs is 1. The average Bonchev–Trinajstić information content (AvgIpc) is 3.14. The summed E-state index contributed by atoms with van der Waals surface area (Å²) < 4.78 is 29.8. The highest BCUT2D eigenvalue weighted by Crippen LogP contribution is 2.42. The molecule has 2 aromatic rings. The van der Waals surface area contributed by atoms with Gasteiger partial charge in [0.25, 0.3) is 5.91 Å². The van der Waals surface area contributed by atoms with E-state index in [0.29, 0.717) is 21.0 Å². The number of anilines is 1. The number of rotatable bonds is 4. The lowest BCUT2D eigenvalue weighted by Crippen LogP contribution is -2.38. The first-order valence-corrected chi connectivity index (χ1v) is 12.6. The van der Waals surface area contributed by atoms with Gasteiger partial charge < -0.3 is 9.64 Å². The predicted molar refractivity (Wildman–Crippen MR) is 122 cm³/mol. The molecular weight excluding hydrogens is 467 g/mol. The number of ether oxygens (including phenoxy) is 1. The van der Waals surface area contributed by atoms with Gasteiger partial charge in [-0.05, 0) is 48.9 Å². The summed E-state index contributed by atoms with van der Waals surface area (Å²) in [6.45, 7) is 1.68. The summed E-state index contributed by atoms with van der Waals surface area (Å²) in [7, 11) is -3.14. The van der Waals surface area contributed by atoms with Gasteiger partial charge in [-0.3, -0.25) is 4.79 Å². The normalized spacial score (nSPS) is 23.6. The lowest BCUT2D eigenvalue weighted by Gasteiger charge is -2.26. The molecule has 2 fully saturated rings. The van der Waals surface area contributed by atoms with Crippen molar-refractivity contribution in [1.82, 2.24) is 0 Å². The molecule has 6 nitrogen and oxygen atoms in total. The Hall–Kier alpha value is -1.74. The zero-order valence-electron chi connectivity index (χ0n) is 15.9. The number of aliphatic imine (C=N–C) groups is 1. The molecule has 0 spiro atoms. The van der Waals surface area contributed by atoms with Gasteiger partial charge in [0.1, 0.15) is 5.75 Å². The Morgan fingerprint density at radius 1 is 1.17 bits per heavy atom. The van der Waals surface area contributed by atoms with Crippen molar-refractivity contribution in [2.45, 2.75) is 18.2 Å². The van der Waals surface area contributed by atoms with E-state index in [-0.39, 0.29) is 29.4 Å². The number of halogens is 2. The number of thioether (sulfide) groups is 1. The molecule has 0 aliphatic carbocycles. The van der Waals surface area contributed by atoms with Crippen LogP contribution in [0.1, 0.15) is 5.56 Å². The maximum atomic E-state index is 12.5. The van der Waals surface area contributed by atoms with Gasteiger partial charge in [0.2, 0.25) is 0 Å². The van der Waals surface area contributed by atoms with Crippen LogP contribution in [0, 0.1) is 6.92 Å². The molecular formula is C20H18Cl2N2O4S2. The van der Waals surface area contributed by atoms with Gasteiger partial charge in [-0.1, -0.05) is 41.0 Å². The fourth-order valence-electron chi connectivity index (χ4n) is 3.50. The van der Waals surface area contributed by atoms with Crippen LogP contribution < -0.4 is 9.64 Å². The first kappa shape index (κ1) is 21.5. The minimum atomic E-state index is -3.14. The van der Waals surface area contributed by atoms with Crippen LogP contribution >= 0.6 is 35.0 Å². The largest absolute Gasteiger partial charge is 0.484 e. The van der Waals surface area contributed by atoms with Crippen molar-refractivity contribution in [2.24, 2.45) is 4.99 Å². The highest BCUT2D eigenvalue weighted by molar-refractivity contribution is 8.16. The van der Waals surface area contributed by atoms with Crippen molar-refractivity contribution >= 4 is 61.6 Å². The number of aryl methyl sites for hydroxylation is 1. The number of nitrogens with zero attached hydrogens (tertiary/aromatic N) is 2. The second-order valence-electron chi connectivity index (χ2n) is 7.13. The average molecular weight is 485 g/mol. The highest BCUT2D eigenvalue weighted by Gasteiger charge is 2.49. The van der Waals surface area contributed by atoms with Crippen LogP contribution in [0.2, 0.25) is 10.0 Å². The van der Waals surface area contributed by atoms with E-state index in [1.54, 1.807) is 36.4 Å². The molecule has 0 unspecified atom stereocenters. The van der Waals surface area contributed by atoms with E-state index in [9.17, 15) is 13.2 Å². The predicted octanol–water partition coefficient (Wildman–Crippen LogP) is 3.98. The van der Waals surface area contributed by atoms with E-state index >= 15 is 0 Å². The SMILES string of the molecule is Cc1ccc(Cl)cc1N1C(=NC(=O)COc2ccc(Cl)cc2)S[C@H]2CS(=O)(=O)C[C@H]21. The molecule has 2 aliphatic heterocycles. The summed E-state index contributed by atoms with van der Waals surface area (Å²) in [5.41, 5.74) is 1.67. The standard InChI is InChI=1S/C20H18Cl2N2O4S2/c1-12-2-3-14(22)8-16(12)24-17-10-30(26,27)11-18(17)29-20(24)23-19(25)9-28-15-6-4-13(21)5-7-15/h2-8,17-18H,9-11H2,1H3/t17-,18+/m1/s1. The Morgan fingerprint density at radius 2 is 1.87 bits per heavy atom. The molecule has 1 amide bonds. The van der Waals surface area contributed by atoms with Gasteiger partial charge in [-0.25, -0.2) is 8.42 Å². The molecule has 2 aromatic carbocycles. The Labute approximate surface area is 189 Å².